The lowest BCUT2D eigenvalue weighted by molar-refractivity contribution is -0.181. The number of hydrogen-bond acceptors (Lipinski definition) is 2. The summed E-state index contributed by atoms with van der Waals surface area (Å²) in [7, 11) is 0. The summed E-state index contributed by atoms with van der Waals surface area (Å²) >= 11 is 0. The number of carbonyl (C=O) groups excluding carboxylic acids is 1. The van der Waals surface area contributed by atoms with Crippen molar-refractivity contribution in [1.82, 2.24) is 4.90 Å². The number of carboxylic acids is 1. The number of aliphatic carboxylic acids is 1. The van der Waals surface area contributed by atoms with Crippen molar-refractivity contribution in [2.75, 3.05) is 6.54 Å². The van der Waals surface area contributed by atoms with E-state index in [9.17, 15) is 22.8 Å². The summed E-state index contributed by atoms with van der Waals surface area (Å²) in [6, 6.07) is 12.3. The maximum absolute atomic E-state index is 13.8. The van der Waals surface area contributed by atoms with Gasteiger partial charge in [-0.1, -0.05) is 55.5 Å². The smallest absolute Gasteiger partial charge is 0.413 e. The molecule has 138 valence electrons. The zero-order valence-electron chi connectivity index (χ0n) is 14.0. The second kappa shape index (κ2) is 8.03. The standard InChI is InChI=1S/C19H18F3NO3/c1-13(18(25)26)12-23(17(24)15-10-6-3-7-11-15)16(19(20,21)22)14-8-4-2-5-9-14/h2-11,13,16H,12H2,1H3,(H,25,26). The number of nitrogens with zero attached hydrogens (tertiary/aromatic N) is 1. The minimum Gasteiger partial charge on any atom is -0.481 e. The average Bonchev–Trinajstić information content (AvgIpc) is 2.61. The molecule has 0 spiro atoms. The van der Waals surface area contributed by atoms with Crippen molar-refractivity contribution in [1.29, 1.82) is 0 Å². The van der Waals surface area contributed by atoms with Gasteiger partial charge in [-0.3, -0.25) is 9.59 Å². The van der Waals surface area contributed by atoms with Crippen LogP contribution in [-0.4, -0.2) is 34.6 Å². The number of amides is 1. The molecule has 0 heterocycles. The molecule has 0 fully saturated rings. The Morgan fingerprint density at radius 2 is 1.50 bits per heavy atom. The zero-order chi connectivity index (χ0) is 19.3. The van der Waals surface area contributed by atoms with E-state index in [0.717, 1.165) is 0 Å². The molecule has 0 aromatic heterocycles. The van der Waals surface area contributed by atoms with Gasteiger partial charge in [0.25, 0.3) is 5.91 Å². The SMILES string of the molecule is CC(CN(C(=O)c1ccccc1)C(c1ccccc1)C(F)(F)F)C(=O)O. The average molecular weight is 365 g/mol. The molecule has 26 heavy (non-hydrogen) atoms. The van der Waals surface area contributed by atoms with Crippen molar-refractivity contribution in [3.8, 4) is 0 Å². The molecule has 0 aliphatic heterocycles. The molecule has 0 saturated carbocycles. The second-order valence-corrected chi connectivity index (χ2v) is 5.92. The van der Waals surface area contributed by atoms with E-state index in [1.165, 1.54) is 55.5 Å². The van der Waals surface area contributed by atoms with Crippen LogP contribution in [0.15, 0.2) is 60.7 Å². The summed E-state index contributed by atoms with van der Waals surface area (Å²) in [5.74, 6) is -3.30. The van der Waals surface area contributed by atoms with E-state index in [1.54, 1.807) is 12.1 Å². The summed E-state index contributed by atoms with van der Waals surface area (Å²) in [5.41, 5.74) is -0.0582. The van der Waals surface area contributed by atoms with Gasteiger partial charge in [0.15, 0.2) is 6.04 Å². The van der Waals surface area contributed by atoms with Crippen molar-refractivity contribution >= 4 is 11.9 Å². The summed E-state index contributed by atoms with van der Waals surface area (Å²) in [6.07, 6.45) is -4.76. The molecular formula is C19H18F3NO3. The lowest BCUT2D eigenvalue weighted by Crippen LogP contribution is -2.45. The van der Waals surface area contributed by atoms with E-state index in [1.807, 2.05) is 0 Å². The Labute approximate surface area is 148 Å². The predicted octanol–water partition coefficient (Wildman–Crippen LogP) is 4.15. The van der Waals surface area contributed by atoms with Gasteiger partial charge in [-0.25, -0.2) is 0 Å². The van der Waals surface area contributed by atoms with Gasteiger partial charge < -0.3 is 10.0 Å². The highest BCUT2D eigenvalue weighted by atomic mass is 19.4. The van der Waals surface area contributed by atoms with Crippen molar-refractivity contribution in [2.24, 2.45) is 5.92 Å². The van der Waals surface area contributed by atoms with Crippen LogP contribution in [0.3, 0.4) is 0 Å². The third-order valence-corrected chi connectivity index (χ3v) is 3.91. The maximum Gasteiger partial charge on any atom is 0.413 e. The molecule has 0 aliphatic rings. The van der Waals surface area contributed by atoms with Crippen LogP contribution in [0.2, 0.25) is 0 Å². The highest BCUT2D eigenvalue weighted by Crippen LogP contribution is 2.38. The summed E-state index contributed by atoms with van der Waals surface area (Å²) in [4.78, 5) is 24.6. The molecule has 7 heteroatoms. The van der Waals surface area contributed by atoms with Crippen molar-refractivity contribution < 1.29 is 27.9 Å². The Morgan fingerprint density at radius 3 is 1.96 bits per heavy atom. The fraction of sp³-hybridized carbons (Fsp3) is 0.263. The van der Waals surface area contributed by atoms with Crippen molar-refractivity contribution in [3.05, 3.63) is 71.8 Å². The zero-order valence-corrected chi connectivity index (χ0v) is 14.0. The third kappa shape index (κ3) is 4.62. The number of carbonyl (C=O) groups is 2. The van der Waals surface area contributed by atoms with Crippen molar-refractivity contribution in [3.63, 3.8) is 0 Å². The fourth-order valence-electron chi connectivity index (χ4n) is 2.61. The van der Waals surface area contributed by atoms with Gasteiger partial charge in [0.2, 0.25) is 0 Å². The number of alkyl halides is 3. The number of hydrogen-bond donors (Lipinski definition) is 1. The quantitative estimate of drug-likeness (QED) is 0.837. The lowest BCUT2D eigenvalue weighted by Gasteiger charge is -2.34. The first-order chi connectivity index (χ1) is 12.2. The first-order valence-electron chi connectivity index (χ1n) is 7.92. The van der Waals surface area contributed by atoms with E-state index in [-0.39, 0.29) is 11.1 Å². The summed E-state index contributed by atoms with van der Waals surface area (Å²) < 4.78 is 41.5. The van der Waals surface area contributed by atoms with Gasteiger partial charge in [-0.05, 0) is 17.7 Å². The molecule has 2 rings (SSSR count). The highest BCUT2D eigenvalue weighted by Gasteiger charge is 2.47. The molecule has 1 N–H and O–H groups in total. The second-order valence-electron chi connectivity index (χ2n) is 5.92. The number of halogens is 3. The van der Waals surface area contributed by atoms with Crippen LogP contribution in [0, 0.1) is 5.92 Å². The first kappa shape index (κ1) is 19.5. The Balaban J connectivity index is 2.52. The number of benzene rings is 2. The molecule has 0 aliphatic carbocycles. The Kier molecular flexibility index (Phi) is 6.02. The van der Waals surface area contributed by atoms with Crippen LogP contribution in [0.1, 0.15) is 28.9 Å². The molecule has 4 nitrogen and oxygen atoms in total. The molecule has 1 amide bonds. The summed E-state index contributed by atoms with van der Waals surface area (Å²) in [6.45, 7) is 0.703. The van der Waals surface area contributed by atoms with Crippen LogP contribution in [0.5, 0.6) is 0 Å². The van der Waals surface area contributed by atoms with E-state index in [2.05, 4.69) is 0 Å². The maximum atomic E-state index is 13.8. The Bertz CT molecular complexity index is 748. The molecule has 2 atom stereocenters. The Hall–Kier alpha value is -2.83. The van der Waals surface area contributed by atoms with Gasteiger partial charge in [0, 0.05) is 12.1 Å². The molecule has 0 bridgehead atoms. The lowest BCUT2D eigenvalue weighted by atomic mass is 10.0. The molecule has 2 unspecified atom stereocenters. The van der Waals surface area contributed by atoms with Crippen LogP contribution in [0.25, 0.3) is 0 Å². The summed E-state index contributed by atoms with van der Waals surface area (Å²) in [5, 5.41) is 9.12. The molecule has 2 aromatic rings. The minimum absolute atomic E-state index is 0.0651. The monoisotopic (exact) mass is 365 g/mol. The van der Waals surface area contributed by atoms with E-state index in [4.69, 9.17) is 5.11 Å². The minimum atomic E-state index is -4.76. The van der Waals surface area contributed by atoms with E-state index in [0.29, 0.717) is 4.90 Å². The molecule has 0 saturated heterocycles. The topological polar surface area (TPSA) is 57.6 Å². The highest BCUT2D eigenvalue weighted by molar-refractivity contribution is 5.94. The van der Waals surface area contributed by atoms with Gasteiger partial charge >= 0.3 is 12.1 Å². The Morgan fingerprint density at radius 1 is 1.00 bits per heavy atom. The number of carboxylic acid groups (broad SMARTS) is 1. The fourth-order valence-corrected chi connectivity index (χ4v) is 2.61. The third-order valence-electron chi connectivity index (χ3n) is 3.91. The van der Waals surface area contributed by atoms with Crippen LogP contribution >= 0.6 is 0 Å². The number of rotatable bonds is 6. The van der Waals surface area contributed by atoms with Crippen LogP contribution in [-0.2, 0) is 4.79 Å². The molecule has 0 radical (unpaired) electrons. The van der Waals surface area contributed by atoms with Gasteiger partial charge in [0.05, 0.1) is 5.92 Å². The van der Waals surface area contributed by atoms with E-state index < -0.39 is 36.6 Å². The van der Waals surface area contributed by atoms with E-state index >= 15 is 0 Å². The first-order valence-corrected chi connectivity index (χ1v) is 7.92. The van der Waals surface area contributed by atoms with Crippen molar-refractivity contribution in [2.45, 2.75) is 19.1 Å². The van der Waals surface area contributed by atoms with Gasteiger partial charge in [0.1, 0.15) is 0 Å². The predicted molar refractivity (Wildman–Crippen MR) is 89.5 cm³/mol. The largest absolute Gasteiger partial charge is 0.481 e. The van der Waals surface area contributed by atoms with Crippen LogP contribution in [0.4, 0.5) is 13.2 Å². The van der Waals surface area contributed by atoms with Crippen LogP contribution < -0.4 is 0 Å². The molecular weight excluding hydrogens is 347 g/mol. The van der Waals surface area contributed by atoms with Gasteiger partial charge in [-0.2, -0.15) is 13.2 Å². The molecule has 2 aromatic carbocycles. The normalized spacial score (nSPS) is 13.7. The van der Waals surface area contributed by atoms with Gasteiger partial charge in [-0.15, -0.1) is 0 Å².